The largest absolute Gasteiger partial charge is 0.387 e. The molecule has 1 atom stereocenters. The first-order valence-electron chi connectivity index (χ1n) is 6.21. The van der Waals surface area contributed by atoms with Gasteiger partial charge in [-0.1, -0.05) is 18.2 Å². The Morgan fingerprint density at radius 2 is 1.85 bits per heavy atom. The molecule has 1 N–H and O–H groups in total. The van der Waals surface area contributed by atoms with Crippen LogP contribution in [-0.2, 0) is 9.84 Å². The molecule has 0 aliphatic rings. The predicted octanol–water partition coefficient (Wildman–Crippen LogP) is 1.73. The molecule has 0 radical (unpaired) electrons. The van der Waals surface area contributed by atoms with Gasteiger partial charge in [0.15, 0.2) is 9.84 Å². The van der Waals surface area contributed by atoms with Gasteiger partial charge in [0.1, 0.15) is 6.10 Å². The van der Waals surface area contributed by atoms with E-state index < -0.39 is 20.7 Å². The van der Waals surface area contributed by atoms with Gasteiger partial charge in [-0.05, 0) is 26.0 Å². The second-order valence-electron chi connectivity index (χ2n) is 5.33. The van der Waals surface area contributed by atoms with Gasteiger partial charge in [0.2, 0.25) is 0 Å². The fourth-order valence-corrected chi connectivity index (χ4v) is 2.35. The highest BCUT2D eigenvalue weighted by molar-refractivity contribution is 7.92. The molecule has 1 heterocycles. The van der Waals surface area contributed by atoms with Gasteiger partial charge in [-0.25, -0.2) is 13.1 Å². The molecule has 1 aromatic heterocycles. The lowest BCUT2D eigenvalue weighted by Crippen LogP contribution is -2.37. The van der Waals surface area contributed by atoms with Crippen molar-refractivity contribution in [1.82, 2.24) is 9.78 Å². The molecule has 0 aliphatic carbocycles. The number of nitrogens with zero attached hydrogens (tertiary/aromatic N) is 2. The second-order valence-corrected chi connectivity index (χ2v) is 7.93. The Morgan fingerprint density at radius 3 is 2.40 bits per heavy atom. The van der Waals surface area contributed by atoms with E-state index in [1.165, 1.54) is 20.0 Å². The van der Waals surface area contributed by atoms with E-state index in [0.717, 1.165) is 11.9 Å². The van der Waals surface area contributed by atoms with Crippen molar-refractivity contribution in [2.75, 3.05) is 6.26 Å². The van der Waals surface area contributed by atoms with Crippen LogP contribution in [0, 0.1) is 0 Å². The van der Waals surface area contributed by atoms with E-state index >= 15 is 0 Å². The number of aliphatic hydroxyl groups excluding tert-OH is 1. The molecule has 1 aromatic carbocycles. The van der Waals surface area contributed by atoms with Gasteiger partial charge in [0.25, 0.3) is 0 Å². The van der Waals surface area contributed by atoms with E-state index in [9.17, 15) is 13.5 Å². The van der Waals surface area contributed by atoms with Crippen LogP contribution < -0.4 is 0 Å². The van der Waals surface area contributed by atoms with E-state index in [4.69, 9.17) is 0 Å². The first-order chi connectivity index (χ1) is 9.23. The normalized spacial score (nSPS) is 14.2. The number of benzene rings is 1. The summed E-state index contributed by atoms with van der Waals surface area (Å²) in [7, 11) is -3.39. The zero-order valence-electron chi connectivity index (χ0n) is 11.7. The summed E-state index contributed by atoms with van der Waals surface area (Å²) in [6, 6.07) is 9.42. The maximum absolute atomic E-state index is 11.8. The van der Waals surface area contributed by atoms with Crippen LogP contribution in [0.15, 0.2) is 42.7 Å². The summed E-state index contributed by atoms with van der Waals surface area (Å²) in [5.74, 6) is 0. The summed E-state index contributed by atoms with van der Waals surface area (Å²) < 4.78 is 23.9. The number of hydrogen-bond acceptors (Lipinski definition) is 4. The standard InChI is InChI=1S/C14H18N2O3S/c1-14(2,20(3,18)19)13(17)11-9-15-16(10-11)12-7-5-4-6-8-12/h4-10,13,17H,1-3H3. The first-order valence-corrected chi connectivity index (χ1v) is 8.10. The first kappa shape index (κ1) is 14.7. The van der Waals surface area contributed by atoms with Gasteiger partial charge < -0.3 is 5.11 Å². The monoisotopic (exact) mass is 294 g/mol. The summed E-state index contributed by atoms with van der Waals surface area (Å²) in [6.07, 6.45) is 3.13. The summed E-state index contributed by atoms with van der Waals surface area (Å²) in [5.41, 5.74) is 1.33. The molecule has 0 fully saturated rings. The zero-order valence-corrected chi connectivity index (χ0v) is 12.5. The van der Waals surface area contributed by atoms with Crippen LogP contribution in [0.4, 0.5) is 0 Å². The van der Waals surface area contributed by atoms with Crippen LogP contribution >= 0.6 is 0 Å². The molecule has 6 heteroatoms. The van der Waals surface area contributed by atoms with Crippen molar-refractivity contribution in [2.45, 2.75) is 24.7 Å². The highest BCUT2D eigenvalue weighted by Crippen LogP contribution is 2.32. The van der Waals surface area contributed by atoms with Crippen LogP contribution in [0.1, 0.15) is 25.5 Å². The summed E-state index contributed by atoms with van der Waals surface area (Å²) in [6.45, 7) is 3.01. The quantitative estimate of drug-likeness (QED) is 0.932. The van der Waals surface area contributed by atoms with E-state index in [0.29, 0.717) is 5.56 Å². The average Bonchev–Trinajstić information content (AvgIpc) is 2.87. The number of hydrogen-bond donors (Lipinski definition) is 1. The van der Waals surface area contributed by atoms with E-state index in [-0.39, 0.29) is 0 Å². The fourth-order valence-electron chi connectivity index (χ4n) is 1.80. The van der Waals surface area contributed by atoms with E-state index in [1.54, 1.807) is 10.9 Å². The van der Waals surface area contributed by atoms with Gasteiger partial charge in [0, 0.05) is 18.0 Å². The number of aromatic nitrogens is 2. The molecule has 0 amide bonds. The molecule has 108 valence electrons. The van der Waals surface area contributed by atoms with Crippen LogP contribution in [0.3, 0.4) is 0 Å². The van der Waals surface area contributed by atoms with Crippen molar-refractivity contribution in [2.24, 2.45) is 0 Å². The molecular weight excluding hydrogens is 276 g/mol. The molecule has 20 heavy (non-hydrogen) atoms. The molecule has 0 aliphatic heterocycles. The third-order valence-electron chi connectivity index (χ3n) is 3.55. The lowest BCUT2D eigenvalue weighted by atomic mass is 10.0. The SMILES string of the molecule is CC(C)(C(O)c1cnn(-c2ccccc2)c1)S(C)(=O)=O. The van der Waals surface area contributed by atoms with Gasteiger partial charge in [-0.15, -0.1) is 0 Å². The van der Waals surface area contributed by atoms with Crippen molar-refractivity contribution in [3.05, 3.63) is 48.3 Å². The molecule has 0 bridgehead atoms. The average molecular weight is 294 g/mol. The van der Waals surface area contributed by atoms with Crippen molar-refractivity contribution in [1.29, 1.82) is 0 Å². The Hall–Kier alpha value is -1.66. The Bertz CT molecular complexity index is 690. The smallest absolute Gasteiger partial charge is 0.155 e. The predicted molar refractivity (Wildman–Crippen MR) is 77.4 cm³/mol. The van der Waals surface area contributed by atoms with Gasteiger partial charge in [-0.2, -0.15) is 5.10 Å². The van der Waals surface area contributed by atoms with Gasteiger partial charge in [-0.3, -0.25) is 0 Å². The molecule has 0 saturated carbocycles. The highest BCUT2D eigenvalue weighted by Gasteiger charge is 2.39. The lowest BCUT2D eigenvalue weighted by Gasteiger charge is -2.27. The van der Waals surface area contributed by atoms with Crippen LogP contribution in [-0.4, -0.2) is 34.3 Å². The summed E-state index contributed by atoms with van der Waals surface area (Å²) in [4.78, 5) is 0. The highest BCUT2D eigenvalue weighted by atomic mass is 32.2. The minimum Gasteiger partial charge on any atom is -0.387 e. The Balaban J connectivity index is 2.35. The Labute approximate surface area is 118 Å². The molecule has 0 spiro atoms. The fraction of sp³-hybridized carbons (Fsp3) is 0.357. The van der Waals surface area contributed by atoms with Gasteiger partial charge in [0.05, 0.1) is 16.6 Å². The van der Waals surface area contributed by atoms with Crippen LogP contribution in [0.25, 0.3) is 5.69 Å². The number of aliphatic hydroxyl groups is 1. The number of sulfone groups is 1. The summed E-state index contributed by atoms with van der Waals surface area (Å²) in [5, 5.41) is 14.5. The maximum atomic E-state index is 11.8. The topological polar surface area (TPSA) is 72.2 Å². The van der Waals surface area contributed by atoms with E-state index in [1.807, 2.05) is 30.3 Å². The van der Waals surface area contributed by atoms with Crippen molar-refractivity contribution >= 4 is 9.84 Å². The second kappa shape index (κ2) is 5.03. The van der Waals surface area contributed by atoms with E-state index in [2.05, 4.69) is 5.10 Å². The Morgan fingerprint density at radius 1 is 1.25 bits per heavy atom. The lowest BCUT2D eigenvalue weighted by molar-refractivity contribution is 0.139. The molecular formula is C14H18N2O3S. The minimum atomic E-state index is -3.39. The number of para-hydroxylation sites is 1. The molecule has 0 saturated heterocycles. The third-order valence-corrected chi connectivity index (χ3v) is 5.69. The molecule has 2 aromatic rings. The molecule has 1 unspecified atom stereocenters. The van der Waals surface area contributed by atoms with Crippen molar-refractivity contribution < 1.29 is 13.5 Å². The van der Waals surface area contributed by atoms with Crippen molar-refractivity contribution in [3.8, 4) is 5.69 Å². The van der Waals surface area contributed by atoms with Crippen LogP contribution in [0.5, 0.6) is 0 Å². The van der Waals surface area contributed by atoms with Gasteiger partial charge >= 0.3 is 0 Å². The summed E-state index contributed by atoms with van der Waals surface area (Å²) >= 11 is 0. The zero-order chi connectivity index (χ0) is 15.0. The van der Waals surface area contributed by atoms with Crippen LogP contribution in [0.2, 0.25) is 0 Å². The minimum absolute atomic E-state index is 0.476. The Kier molecular flexibility index (Phi) is 3.71. The molecule has 5 nitrogen and oxygen atoms in total. The maximum Gasteiger partial charge on any atom is 0.155 e. The molecule has 2 rings (SSSR count). The number of rotatable bonds is 4. The van der Waals surface area contributed by atoms with Crippen molar-refractivity contribution in [3.63, 3.8) is 0 Å². The third kappa shape index (κ3) is 2.62.